The molecule has 2 aromatic carbocycles. The van der Waals surface area contributed by atoms with E-state index < -0.39 is 24.1 Å². The molecule has 1 aliphatic rings. The number of hydrogen-bond acceptors (Lipinski definition) is 6. The highest BCUT2D eigenvalue weighted by Crippen LogP contribution is 2.26. The zero-order valence-electron chi connectivity index (χ0n) is 21.2. The molecule has 12 heteroatoms. The van der Waals surface area contributed by atoms with Gasteiger partial charge in [-0.3, -0.25) is 0 Å². The largest absolute Gasteiger partial charge is 0.573 e. The zero-order valence-corrected chi connectivity index (χ0v) is 21.2. The quantitative estimate of drug-likeness (QED) is 0.472. The van der Waals surface area contributed by atoms with Crippen LogP contribution >= 0.6 is 0 Å². The second kappa shape index (κ2) is 10.7. The summed E-state index contributed by atoms with van der Waals surface area (Å²) in [7, 11) is 0. The molecule has 0 saturated carbocycles. The molecule has 0 spiro atoms. The maximum Gasteiger partial charge on any atom is 0.573 e. The number of carbonyl (C=O) groups is 2. The smallest absolute Gasteiger partial charge is 0.444 e. The molecular formula is C26H28F3N5O4. The van der Waals surface area contributed by atoms with Crippen LogP contribution in [-0.2, 0) is 11.2 Å². The lowest BCUT2D eigenvalue weighted by molar-refractivity contribution is -0.274. The van der Waals surface area contributed by atoms with Crippen molar-refractivity contribution in [2.75, 3.05) is 19.6 Å². The molecule has 1 unspecified atom stereocenters. The van der Waals surface area contributed by atoms with Crippen LogP contribution in [0.5, 0.6) is 5.75 Å². The highest BCUT2D eigenvalue weighted by Gasteiger charge is 2.36. The Bertz CT molecular complexity index is 1260. The van der Waals surface area contributed by atoms with Gasteiger partial charge < -0.3 is 19.3 Å². The second-order valence-corrected chi connectivity index (χ2v) is 9.84. The Hall–Kier alpha value is -4.09. The molecule has 1 atom stereocenters. The molecule has 0 radical (unpaired) electrons. The minimum Gasteiger partial charge on any atom is -0.444 e. The van der Waals surface area contributed by atoms with E-state index >= 15 is 0 Å². The van der Waals surface area contributed by atoms with Crippen molar-refractivity contribution in [3.8, 4) is 17.0 Å². The lowest BCUT2D eigenvalue weighted by Gasteiger charge is -2.41. The molecule has 38 heavy (non-hydrogen) atoms. The lowest BCUT2D eigenvalue weighted by Crippen LogP contribution is -2.58. The average molecular weight is 532 g/mol. The van der Waals surface area contributed by atoms with Gasteiger partial charge in [-0.2, -0.15) is 5.10 Å². The fourth-order valence-corrected chi connectivity index (χ4v) is 4.09. The Morgan fingerprint density at radius 1 is 1.00 bits per heavy atom. The minimum atomic E-state index is -4.79. The first kappa shape index (κ1) is 27.0. The number of aromatic nitrogens is 3. The highest BCUT2D eigenvalue weighted by molar-refractivity contribution is 5.77. The molecular weight excluding hydrogens is 503 g/mol. The van der Waals surface area contributed by atoms with Crippen molar-refractivity contribution in [2.24, 2.45) is 0 Å². The van der Waals surface area contributed by atoms with E-state index in [-0.39, 0.29) is 31.4 Å². The van der Waals surface area contributed by atoms with Crippen LogP contribution in [0.25, 0.3) is 11.3 Å². The topological polar surface area (TPSA) is 89.8 Å². The Morgan fingerprint density at radius 3 is 2.32 bits per heavy atom. The third-order valence-electron chi connectivity index (χ3n) is 5.74. The van der Waals surface area contributed by atoms with Gasteiger partial charge in [0, 0.05) is 25.2 Å². The van der Waals surface area contributed by atoms with Crippen molar-refractivity contribution in [3.63, 3.8) is 0 Å². The summed E-state index contributed by atoms with van der Waals surface area (Å²) in [6, 6.07) is 13.9. The highest BCUT2D eigenvalue weighted by atomic mass is 19.4. The van der Waals surface area contributed by atoms with E-state index in [0.717, 1.165) is 22.5 Å². The number of alkyl halides is 3. The van der Waals surface area contributed by atoms with Gasteiger partial charge in [-0.1, -0.05) is 35.1 Å². The van der Waals surface area contributed by atoms with Crippen molar-refractivity contribution in [3.05, 3.63) is 66.4 Å². The van der Waals surface area contributed by atoms with Crippen LogP contribution < -0.4 is 4.74 Å². The number of halogens is 3. The second-order valence-electron chi connectivity index (χ2n) is 9.84. The van der Waals surface area contributed by atoms with Gasteiger partial charge in [0.15, 0.2) is 0 Å². The summed E-state index contributed by atoms with van der Waals surface area (Å²) in [6.45, 7) is 6.18. The van der Waals surface area contributed by atoms with E-state index in [1.165, 1.54) is 18.3 Å². The first-order valence-electron chi connectivity index (χ1n) is 12.0. The SMILES string of the molecule is CC(C)(C)OC(=O)N1CCN(C(=O)n2ncc(-c3ccc(OC(F)(F)F)cc3)n2)C(Cc2ccccc2)C1. The maximum atomic E-state index is 13.4. The monoisotopic (exact) mass is 531 g/mol. The first-order valence-corrected chi connectivity index (χ1v) is 12.0. The fraction of sp³-hybridized carbons (Fsp3) is 0.385. The molecule has 1 aliphatic heterocycles. The molecule has 4 rings (SSSR count). The molecule has 2 amide bonds. The summed E-state index contributed by atoms with van der Waals surface area (Å²) in [5.41, 5.74) is 1.13. The van der Waals surface area contributed by atoms with E-state index in [9.17, 15) is 22.8 Å². The summed E-state index contributed by atoms with van der Waals surface area (Å²) in [4.78, 5) is 30.3. The van der Waals surface area contributed by atoms with Gasteiger partial charge >= 0.3 is 18.5 Å². The van der Waals surface area contributed by atoms with E-state index in [0.29, 0.717) is 17.7 Å². The number of nitrogens with zero attached hydrogens (tertiary/aromatic N) is 5. The molecule has 202 valence electrons. The van der Waals surface area contributed by atoms with E-state index in [4.69, 9.17) is 4.74 Å². The van der Waals surface area contributed by atoms with Gasteiger partial charge in [-0.15, -0.1) is 18.3 Å². The number of hydrogen-bond donors (Lipinski definition) is 0. The predicted molar refractivity (Wildman–Crippen MR) is 131 cm³/mol. The van der Waals surface area contributed by atoms with Crippen LogP contribution in [0.2, 0.25) is 0 Å². The Morgan fingerprint density at radius 2 is 1.68 bits per heavy atom. The lowest BCUT2D eigenvalue weighted by atomic mass is 10.0. The van der Waals surface area contributed by atoms with Crippen LogP contribution in [-0.4, -0.2) is 74.6 Å². The average Bonchev–Trinajstić information content (AvgIpc) is 3.33. The van der Waals surface area contributed by atoms with Crippen molar-refractivity contribution < 1.29 is 32.2 Å². The molecule has 9 nitrogen and oxygen atoms in total. The summed E-state index contributed by atoms with van der Waals surface area (Å²) in [6.07, 6.45) is -3.37. The Kier molecular flexibility index (Phi) is 7.61. The predicted octanol–water partition coefficient (Wildman–Crippen LogP) is 4.98. The molecule has 0 aliphatic carbocycles. The number of carbonyl (C=O) groups excluding carboxylic acids is 2. The molecule has 2 heterocycles. The van der Waals surface area contributed by atoms with Crippen LogP contribution in [0.3, 0.4) is 0 Å². The van der Waals surface area contributed by atoms with Crippen LogP contribution in [0.15, 0.2) is 60.8 Å². The number of ether oxygens (including phenoxy) is 2. The van der Waals surface area contributed by atoms with E-state index in [1.807, 2.05) is 30.3 Å². The van der Waals surface area contributed by atoms with Crippen molar-refractivity contribution in [2.45, 2.75) is 45.2 Å². The molecule has 1 aromatic heterocycles. The molecule has 1 saturated heterocycles. The number of benzene rings is 2. The van der Waals surface area contributed by atoms with Gasteiger partial charge in [-0.05, 0) is 57.0 Å². The van der Waals surface area contributed by atoms with Crippen LogP contribution in [0, 0.1) is 0 Å². The van der Waals surface area contributed by atoms with Crippen LogP contribution in [0.4, 0.5) is 22.8 Å². The third kappa shape index (κ3) is 7.02. The molecule has 3 aromatic rings. The standard InChI is InChI=1S/C26H28F3N5O4/c1-25(2,3)38-24(36)32-13-14-33(20(17-32)15-18-7-5-4-6-8-18)23(35)34-30-16-22(31-34)19-9-11-21(12-10-19)37-26(27,28)29/h4-12,16,20H,13-15,17H2,1-3H3. The molecule has 1 fully saturated rings. The summed E-state index contributed by atoms with van der Waals surface area (Å²) in [5.74, 6) is -0.365. The van der Waals surface area contributed by atoms with Gasteiger partial charge in [0.2, 0.25) is 0 Å². The third-order valence-corrected chi connectivity index (χ3v) is 5.74. The fourth-order valence-electron chi connectivity index (χ4n) is 4.09. The molecule has 0 N–H and O–H groups in total. The minimum absolute atomic E-state index is 0.246. The first-order chi connectivity index (χ1) is 17.9. The van der Waals surface area contributed by atoms with Gasteiger partial charge in [-0.25, -0.2) is 9.59 Å². The van der Waals surface area contributed by atoms with E-state index in [2.05, 4.69) is 14.9 Å². The van der Waals surface area contributed by atoms with Crippen LogP contribution in [0.1, 0.15) is 26.3 Å². The Labute approximate surface area is 217 Å². The van der Waals surface area contributed by atoms with Crippen molar-refractivity contribution in [1.29, 1.82) is 0 Å². The van der Waals surface area contributed by atoms with Crippen molar-refractivity contribution in [1.82, 2.24) is 24.8 Å². The summed E-state index contributed by atoms with van der Waals surface area (Å²) >= 11 is 0. The van der Waals surface area contributed by atoms with Crippen molar-refractivity contribution >= 4 is 12.1 Å². The number of rotatable bonds is 4. The van der Waals surface area contributed by atoms with E-state index in [1.54, 1.807) is 30.6 Å². The normalized spacial score (nSPS) is 16.3. The zero-order chi connectivity index (χ0) is 27.5. The number of amides is 2. The van der Waals surface area contributed by atoms with Gasteiger partial charge in [0.05, 0.1) is 12.2 Å². The molecule has 0 bridgehead atoms. The van der Waals surface area contributed by atoms with Gasteiger partial charge in [0.25, 0.3) is 0 Å². The number of piperazine rings is 1. The van der Waals surface area contributed by atoms with Gasteiger partial charge in [0.1, 0.15) is 17.0 Å². The Balaban J connectivity index is 1.51. The summed E-state index contributed by atoms with van der Waals surface area (Å²) in [5, 5.41) is 8.34. The summed E-state index contributed by atoms with van der Waals surface area (Å²) < 4.78 is 46.7. The maximum absolute atomic E-state index is 13.4.